The minimum absolute atomic E-state index is 0.114. The van der Waals surface area contributed by atoms with Gasteiger partial charge in [-0.1, -0.05) is 18.2 Å². The number of carbonyl (C=O) groups excluding carboxylic acids is 1. The van der Waals surface area contributed by atoms with Crippen LogP contribution in [0.25, 0.3) is 0 Å². The largest absolute Gasteiger partial charge is 0.312 e. The summed E-state index contributed by atoms with van der Waals surface area (Å²) in [4.78, 5) is 13.6. The van der Waals surface area contributed by atoms with E-state index in [1.807, 2.05) is 0 Å². The van der Waals surface area contributed by atoms with Crippen LogP contribution < -0.4 is 4.90 Å². The Morgan fingerprint density at radius 3 is 2.68 bits per heavy atom. The van der Waals surface area contributed by atoms with Crippen molar-refractivity contribution in [2.24, 2.45) is 0 Å². The Morgan fingerprint density at radius 1 is 1.21 bits per heavy atom. The van der Waals surface area contributed by atoms with Crippen molar-refractivity contribution in [2.45, 2.75) is 37.1 Å². The molecule has 2 heterocycles. The van der Waals surface area contributed by atoms with Crippen molar-refractivity contribution in [3.05, 3.63) is 57.8 Å². The van der Waals surface area contributed by atoms with Crippen LogP contribution in [0.5, 0.6) is 0 Å². The van der Waals surface area contributed by atoms with E-state index in [2.05, 4.69) is 15.9 Å². The average molecular weight is 467 g/mol. The molecule has 8 heteroatoms. The highest BCUT2D eigenvalue weighted by molar-refractivity contribution is 9.10. The molecule has 1 fully saturated rings. The number of rotatable bonds is 3. The van der Waals surface area contributed by atoms with Gasteiger partial charge in [0.05, 0.1) is 10.9 Å². The van der Waals surface area contributed by atoms with Crippen molar-refractivity contribution >= 4 is 37.5 Å². The molecule has 2 aliphatic rings. The van der Waals surface area contributed by atoms with Gasteiger partial charge in [-0.2, -0.15) is 4.31 Å². The van der Waals surface area contributed by atoms with Gasteiger partial charge in [0.25, 0.3) is 0 Å². The van der Waals surface area contributed by atoms with Crippen molar-refractivity contribution in [2.75, 3.05) is 18.0 Å². The number of benzene rings is 2. The Kier molecular flexibility index (Phi) is 5.05. The number of hydrogen-bond acceptors (Lipinski definition) is 3. The lowest BCUT2D eigenvalue weighted by Gasteiger charge is -2.26. The van der Waals surface area contributed by atoms with Crippen LogP contribution in [0.4, 0.5) is 10.1 Å². The number of sulfonamides is 1. The van der Waals surface area contributed by atoms with Crippen LogP contribution in [0.2, 0.25) is 0 Å². The molecule has 1 atom stereocenters. The van der Waals surface area contributed by atoms with Crippen molar-refractivity contribution in [3.8, 4) is 0 Å². The first-order chi connectivity index (χ1) is 13.3. The summed E-state index contributed by atoms with van der Waals surface area (Å²) >= 11 is 3.40. The lowest BCUT2D eigenvalue weighted by atomic mass is 10.1. The monoisotopic (exact) mass is 466 g/mol. The van der Waals surface area contributed by atoms with E-state index < -0.39 is 21.9 Å². The number of nitrogens with zero attached hydrogens (tertiary/aromatic N) is 2. The average Bonchev–Trinajstić information content (AvgIpc) is 3.28. The van der Waals surface area contributed by atoms with Gasteiger partial charge < -0.3 is 4.90 Å². The molecule has 0 unspecified atom stereocenters. The van der Waals surface area contributed by atoms with Gasteiger partial charge in [-0.05, 0) is 59.0 Å². The molecule has 1 amide bonds. The molecule has 0 saturated carbocycles. The van der Waals surface area contributed by atoms with Crippen molar-refractivity contribution < 1.29 is 17.6 Å². The quantitative estimate of drug-likeness (QED) is 0.685. The highest BCUT2D eigenvalue weighted by Crippen LogP contribution is 2.41. The SMILES string of the molecule is CC(=O)N1CCc2cc(Br)c(S(=O)(=O)N3CCC[C@H]3c3ccccc3F)cc21. The summed E-state index contributed by atoms with van der Waals surface area (Å²) in [6, 6.07) is 9.13. The Hall–Kier alpha value is -1.77. The standard InChI is InChI=1S/C20H20BrFN2O3S/c1-13(25)23-10-8-14-11-16(21)20(12-19(14)23)28(26,27)24-9-4-7-18(24)15-5-2-3-6-17(15)22/h2-3,5-6,11-12,18H,4,7-10H2,1H3/t18-/m0/s1. The summed E-state index contributed by atoms with van der Waals surface area (Å²) in [6.07, 6.45) is 1.93. The second-order valence-electron chi connectivity index (χ2n) is 7.13. The van der Waals surface area contributed by atoms with Gasteiger partial charge in [0.1, 0.15) is 5.82 Å². The normalized spacial score (nSPS) is 19.8. The van der Waals surface area contributed by atoms with Gasteiger partial charge in [0.15, 0.2) is 0 Å². The second kappa shape index (κ2) is 7.24. The molecule has 5 nitrogen and oxygen atoms in total. The molecular formula is C20H20BrFN2O3S. The molecule has 0 radical (unpaired) electrons. The third kappa shape index (κ3) is 3.17. The van der Waals surface area contributed by atoms with Crippen LogP contribution in [0.15, 0.2) is 45.8 Å². The zero-order valence-corrected chi connectivity index (χ0v) is 17.8. The van der Waals surface area contributed by atoms with Gasteiger partial charge in [0, 0.05) is 35.7 Å². The fourth-order valence-corrected chi connectivity index (χ4v) is 6.87. The van der Waals surface area contributed by atoms with Gasteiger partial charge in [0.2, 0.25) is 15.9 Å². The fraction of sp³-hybridized carbons (Fsp3) is 0.350. The summed E-state index contributed by atoms with van der Waals surface area (Å²) in [5.74, 6) is -0.514. The highest BCUT2D eigenvalue weighted by atomic mass is 79.9. The van der Waals surface area contributed by atoms with Crippen LogP contribution in [-0.2, 0) is 21.2 Å². The van der Waals surface area contributed by atoms with Crippen molar-refractivity contribution in [1.29, 1.82) is 0 Å². The van der Waals surface area contributed by atoms with Crippen LogP contribution in [0.3, 0.4) is 0 Å². The van der Waals surface area contributed by atoms with E-state index in [1.165, 1.54) is 17.3 Å². The van der Waals surface area contributed by atoms with E-state index in [-0.39, 0.29) is 10.8 Å². The molecule has 2 aromatic rings. The molecular weight excluding hydrogens is 447 g/mol. The van der Waals surface area contributed by atoms with Gasteiger partial charge in [-0.3, -0.25) is 4.79 Å². The Morgan fingerprint density at radius 2 is 1.96 bits per heavy atom. The number of anilines is 1. The zero-order valence-electron chi connectivity index (χ0n) is 15.4. The molecule has 0 N–H and O–H groups in total. The molecule has 2 aliphatic heterocycles. The van der Waals surface area contributed by atoms with Crippen molar-refractivity contribution in [1.82, 2.24) is 4.31 Å². The van der Waals surface area contributed by atoms with E-state index in [9.17, 15) is 17.6 Å². The summed E-state index contributed by atoms with van der Waals surface area (Å²) in [5, 5.41) is 0. The highest BCUT2D eigenvalue weighted by Gasteiger charge is 2.39. The van der Waals surface area contributed by atoms with Crippen LogP contribution in [0, 0.1) is 5.82 Å². The summed E-state index contributed by atoms with van der Waals surface area (Å²) in [7, 11) is -3.87. The molecule has 4 rings (SSSR count). The number of carbonyl (C=O) groups is 1. The molecule has 0 bridgehead atoms. The van der Waals surface area contributed by atoms with Crippen molar-refractivity contribution in [3.63, 3.8) is 0 Å². The summed E-state index contributed by atoms with van der Waals surface area (Å²) < 4.78 is 43.2. The third-order valence-corrected chi connectivity index (χ3v) is 8.33. The first-order valence-corrected chi connectivity index (χ1v) is 11.4. The summed E-state index contributed by atoms with van der Waals surface area (Å²) in [6.45, 7) is 2.35. The molecule has 0 aromatic heterocycles. The molecule has 148 valence electrons. The topological polar surface area (TPSA) is 57.7 Å². The Labute approximate surface area is 172 Å². The van der Waals surface area contributed by atoms with E-state index in [4.69, 9.17) is 0 Å². The minimum Gasteiger partial charge on any atom is -0.312 e. The van der Waals surface area contributed by atoms with Gasteiger partial charge in [-0.25, -0.2) is 12.8 Å². The smallest absolute Gasteiger partial charge is 0.244 e. The second-order valence-corrected chi connectivity index (χ2v) is 9.84. The fourth-order valence-electron chi connectivity index (χ4n) is 4.12. The Balaban J connectivity index is 1.78. The van der Waals surface area contributed by atoms with E-state index >= 15 is 0 Å². The van der Waals surface area contributed by atoms with E-state index in [0.717, 1.165) is 5.56 Å². The predicted octanol–water partition coefficient (Wildman–Crippen LogP) is 4.02. The lowest BCUT2D eigenvalue weighted by molar-refractivity contribution is -0.116. The van der Waals surface area contributed by atoms with Crippen LogP contribution >= 0.6 is 15.9 Å². The predicted molar refractivity (Wildman–Crippen MR) is 108 cm³/mol. The van der Waals surface area contributed by atoms with Gasteiger partial charge in [-0.15, -0.1) is 0 Å². The first-order valence-electron chi connectivity index (χ1n) is 9.17. The maximum atomic E-state index is 14.3. The Bertz CT molecular complexity index is 1060. The molecule has 2 aromatic carbocycles. The molecule has 1 saturated heterocycles. The van der Waals surface area contributed by atoms with Crippen LogP contribution in [0.1, 0.15) is 36.9 Å². The number of amides is 1. The number of hydrogen-bond donors (Lipinski definition) is 0. The summed E-state index contributed by atoms with van der Waals surface area (Å²) in [5.41, 5.74) is 1.97. The maximum Gasteiger partial charge on any atom is 0.244 e. The number of halogens is 2. The molecule has 0 aliphatic carbocycles. The first kappa shape index (κ1) is 19.5. The molecule has 28 heavy (non-hydrogen) atoms. The van der Waals surface area contributed by atoms with Crippen LogP contribution in [-0.4, -0.2) is 31.7 Å². The third-order valence-electron chi connectivity index (χ3n) is 5.46. The minimum atomic E-state index is -3.87. The van der Waals surface area contributed by atoms with Gasteiger partial charge >= 0.3 is 0 Å². The zero-order chi connectivity index (χ0) is 20.1. The lowest BCUT2D eigenvalue weighted by Crippen LogP contribution is -2.31. The van der Waals surface area contributed by atoms with E-state index in [0.29, 0.717) is 48.1 Å². The van der Waals surface area contributed by atoms with E-state index in [1.54, 1.807) is 35.2 Å². The number of fused-ring (bicyclic) bond motifs is 1. The maximum absolute atomic E-state index is 14.3. The molecule has 0 spiro atoms.